The Hall–Kier alpha value is -7.76. The quantitative estimate of drug-likeness (QED) is 0.142. The van der Waals surface area contributed by atoms with Gasteiger partial charge in [0.15, 0.2) is 6.61 Å². The van der Waals surface area contributed by atoms with Gasteiger partial charge in [0.25, 0.3) is 0 Å². The molecule has 0 bridgehead atoms. The van der Waals surface area contributed by atoms with Crippen molar-refractivity contribution in [2.75, 3.05) is 17.5 Å². The van der Waals surface area contributed by atoms with Gasteiger partial charge in [0, 0.05) is 22.3 Å². The number of pyridine rings is 2. The minimum atomic E-state index is -0.0745. The van der Waals surface area contributed by atoms with E-state index in [1.54, 1.807) is 12.1 Å². The lowest BCUT2D eigenvalue weighted by Crippen LogP contribution is -2.15. The van der Waals surface area contributed by atoms with Crippen molar-refractivity contribution in [2.24, 2.45) is 0 Å². The Bertz CT molecular complexity index is 2650. The number of hydrogen-bond acceptors (Lipinski definition) is 11. The molecule has 8 aromatic rings. The number of nitriles is 2. The highest BCUT2D eigenvalue weighted by Gasteiger charge is 2.17. The third-order valence-corrected chi connectivity index (χ3v) is 8.23. The molecule has 0 radical (unpaired) electrons. The molecule has 4 heterocycles. The van der Waals surface area contributed by atoms with Crippen LogP contribution in [-0.2, 0) is 0 Å². The van der Waals surface area contributed by atoms with Crippen molar-refractivity contribution < 1.29 is 4.74 Å². The second-order valence-electron chi connectivity index (χ2n) is 11.5. The second-order valence-corrected chi connectivity index (χ2v) is 11.5. The van der Waals surface area contributed by atoms with Crippen LogP contribution in [0.15, 0.2) is 133 Å². The maximum atomic E-state index is 9.22. The zero-order chi connectivity index (χ0) is 35.3. The summed E-state index contributed by atoms with van der Waals surface area (Å²) in [5.74, 6) is 1.15. The zero-order valence-corrected chi connectivity index (χ0v) is 27.4. The predicted octanol–water partition coefficient (Wildman–Crippen LogP) is 8.24. The van der Waals surface area contributed by atoms with Crippen LogP contribution in [0.4, 0.5) is 11.9 Å². The summed E-state index contributed by atoms with van der Waals surface area (Å²) >= 11 is 0. The Labute approximate surface area is 297 Å². The molecule has 4 aromatic carbocycles. The van der Waals surface area contributed by atoms with Crippen LogP contribution in [0.1, 0.15) is 5.56 Å². The lowest BCUT2D eigenvalue weighted by atomic mass is 10.1. The molecule has 2 N–H and O–H groups in total. The molecule has 0 aliphatic heterocycles. The fourth-order valence-corrected chi connectivity index (χ4v) is 5.79. The molecule has 0 fully saturated rings. The first-order valence-electron chi connectivity index (χ1n) is 16.3. The number of rotatable bonds is 9. The van der Waals surface area contributed by atoms with Crippen LogP contribution in [0.5, 0.6) is 5.75 Å². The molecule has 8 rings (SSSR count). The Morgan fingerprint density at radius 2 is 1.04 bits per heavy atom. The standard InChI is InChI=1S/C41H26N10O/c42-23-24-52-35-14-8-7-13-30(35)32-20-22-34-39(45-32)37(29-11-5-2-6-12-29)49-41(47-34)51-50-40-46-33-21-19-31(27-17-15-26(25-43)16-18-27)44-38(33)36(48-40)28-9-3-1-4-10-28/h1-22H,24H2,(H,46,48,50)(H,47,49,51). The van der Waals surface area contributed by atoms with Gasteiger partial charge in [0.05, 0.1) is 34.1 Å². The summed E-state index contributed by atoms with van der Waals surface area (Å²) < 4.78 is 5.68. The Kier molecular flexibility index (Phi) is 8.48. The molecule has 52 heavy (non-hydrogen) atoms. The van der Waals surface area contributed by atoms with Gasteiger partial charge in [-0.2, -0.15) is 10.5 Å². The smallest absolute Gasteiger partial charge is 0.243 e. The number of anilines is 2. The van der Waals surface area contributed by atoms with Crippen molar-refractivity contribution in [3.8, 4) is 62.9 Å². The fourth-order valence-electron chi connectivity index (χ4n) is 5.79. The highest BCUT2D eigenvalue weighted by molar-refractivity contribution is 5.93. The molecule has 0 atom stereocenters. The summed E-state index contributed by atoms with van der Waals surface area (Å²) in [7, 11) is 0. The molecule has 0 unspecified atom stereocenters. The Balaban J connectivity index is 1.17. The number of nitrogens with zero attached hydrogens (tertiary/aromatic N) is 8. The highest BCUT2D eigenvalue weighted by atomic mass is 16.5. The van der Waals surface area contributed by atoms with E-state index in [2.05, 4.69) is 16.9 Å². The Morgan fingerprint density at radius 1 is 0.500 bits per heavy atom. The highest BCUT2D eigenvalue weighted by Crippen LogP contribution is 2.33. The van der Waals surface area contributed by atoms with Gasteiger partial charge in [0.2, 0.25) is 11.9 Å². The molecule has 0 saturated heterocycles. The summed E-state index contributed by atoms with van der Waals surface area (Å²) in [5.41, 5.74) is 15.3. The third-order valence-electron chi connectivity index (χ3n) is 8.23. The molecular weight excluding hydrogens is 649 g/mol. The van der Waals surface area contributed by atoms with E-state index >= 15 is 0 Å². The number of para-hydroxylation sites is 1. The van der Waals surface area contributed by atoms with Crippen molar-refractivity contribution in [3.05, 3.63) is 139 Å². The van der Waals surface area contributed by atoms with Gasteiger partial charge in [-0.1, -0.05) is 84.9 Å². The summed E-state index contributed by atoms with van der Waals surface area (Å²) in [6.45, 7) is -0.0745. The van der Waals surface area contributed by atoms with E-state index in [1.807, 2.05) is 127 Å². The van der Waals surface area contributed by atoms with Gasteiger partial charge < -0.3 is 4.74 Å². The number of ether oxygens (including phenoxy) is 1. The van der Waals surface area contributed by atoms with Crippen molar-refractivity contribution >= 4 is 34.0 Å². The molecule has 4 aromatic heterocycles. The van der Waals surface area contributed by atoms with Crippen LogP contribution in [-0.4, -0.2) is 36.5 Å². The van der Waals surface area contributed by atoms with Gasteiger partial charge >= 0.3 is 0 Å². The maximum Gasteiger partial charge on any atom is 0.243 e. The molecule has 0 amide bonds. The first kappa shape index (κ1) is 31.5. The van der Waals surface area contributed by atoms with Crippen molar-refractivity contribution in [1.29, 1.82) is 10.5 Å². The number of fused-ring (bicyclic) bond motifs is 2. The molecule has 11 nitrogen and oxygen atoms in total. The molecule has 11 heteroatoms. The van der Waals surface area contributed by atoms with E-state index in [1.165, 1.54) is 0 Å². The number of benzene rings is 4. The first-order valence-corrected chi connectivity index (χ1v) is 16.3. The SMILES string of the molecule is N#CCOc1ccccc1-c1ccc2nc(NNc3nc(-c4ccccc4)c4nc(-c5ccc(C#N)cc5)ccc4n3)nc(-c3ccccc3)c2n1. The topological polar surface area (TPSA) is 158 Å². The maximum absolute atomic E-state index is 9.22. The van der Waals surface area contributed by atoms with Crippen LogP contribution in [0.25, 0.3) is 67.1 Å². The number of hydrogen-bond donors (Lipinski definition) is 2. The van der Waals surface area contributed by atoms with E-state index in [0.29, 0.717) is 56.4 Å². The van der Waals surface area contributed by atoms with Crippen LogP contribution in [0.3, 0.4) is 0 Å². The summed E-state index contributed by atoms with van der Waals surface area (Å²) in [6.07, 6.45) is 0. The summed E-state index contributed by atoms with van der Waals surface area (Å²) in [5, 5.41) is 18.3. The van der Waals surface area contributed by atoms with Crippen molar-refractivity contribution in [2.45, 2.75) is 0 Å². The third kappa shape index (κ3) is 6.36. The zero-order valence-electron chi connectivity index (χ0n) is 27.4. The van der Waals surface area contributed by atoms with E-state index < -0.39 is 0 Å². The average Bonchev–Trinajstić information content (AvgIpc) is 3.22. The number of hydrazine groups is 1. The summed E-state index contributed by atoms with van der Waals surface area (Å²) in [4.78, 5) is 29.2. The molecule has 0 aliphatic carbocycles. The largest absolute Gasteiger partial charge is 0.478 e. The normalized spacial score (nSPS) is 10.7. The van der Waals surface area contributed by atoms with Crippen LogP contribution < -0.4 is 15.6 Å². The van der Waals surface area contributed by atoms with Crippen molar-refractivity contribution in [3.63, 3.8) is 0 Å². The average molecular weight is 675 g/mol. The van der Waals surface area contributed by atoms with E-state index in [-0.39, 0.29) is 12.6 Å². The lowest BCUT2D eigenvalue weighted by molar-refractivity contribution is 0.369. The minimum absolute atomic E-state index is 0.0745. The van der Waals surface area contributed by atoms with Gasteiger partial charge in [-0.05, 0) is 48.5 Å². The number of aromatic nitrogens is 6. The van der Waals surface area contributed by atoms with Gasteiger partial charge in [-0.15, -0.1) is 0 Å². The molecule has 0 saturated carbocycles. The lowest BCUT2D eigenvalue weighted by Gasteiger charge is -2.14. The van der Waals surface area contributed by atoms with Gasteiger partial charge in [-0.25, -0.2) is 29.9 Å². The first-order chi connectivity index (χ1) is 25.7. The van der Waals surface area contributed by atoms with E-state index in [4.69, 9.17) is 39.9 Å². The van der Waals surface area contributed by atoms with Crippen LogP contribution in [0.2, 0.25) is 0 Å². The molecular formula is C41H26N10O. The molecule has 246 valence electrons. The summed E-state index contributed by atoms with van der Waals surface area (Å²) in [6, 6.07) is 46.1. The number of nitrogens with one attached hydrogen (secondary N) is 2. The molecule has 0 spiro atoms. The van der Waals surface area contributed by atoms with Crippen molar-refractivity contribution in [1.82, 2.24) is 29.9 Å². The predicted molar refractivity (Wildman–Crippen MR) is 199 cm³/mol. The monoisotopic (exact) mass is 674 g/mol. The second kappa shape index (κ2) is 14.0. The minimum Gasteiger partial charge on any atom is -0.478 e. The fraction of sp³-hybridized carbons (Fsp3) is 0.0244. The van der Waals surface area contributed by atoms with E-state index in [9.17, 15) is 5.26 Å². The van der Waals surface area contributed by atoms with Crippen LogP contribution >= 0.6 is 0 Å². The van der Waals surface area contributed by atoms with Gasteiger partial charge in [-0.3, -0.25) is 10.9 Å². The Morgan fingerprint density at radius 3 is 1.62 bits per heavy atom. The molecule has 0 aliphatic rings. The van der Waals surface area contributed by atoms with E-state index in [0.717, 1.165) is 27.9 Å². The van der Waals surface area contributed by atoms with Gasteiger partial charge in [0.1, 0.15) is 34.2 Å². The van der Waals surface area contributed by atoms with Crippen LogP contribution in [0, 0.1) is 22.7 Å².